The standard InChI is InChI=1S/C21H21Cl3N2O2/c22-16-3-6-18(7-4-16)27-11-1-2-12-28-21(14-26-10-9-25-15-26)19-8-5-17(23)13-20(19)24/h3-10,13,15,21H,1-2,11-12,14H2. The van der Waals surface area contributed by atoms with E-state index in [0.29, 0.717) is 34.8 Å². The van der Waals surface area contributed by atoms with Gasteiger partial charge in [0.1, 0.15) is 11.9 Å². The van der Waals surface area contributed by atoms with Crippen LogP contribution in [-0.4, -0.2) is 22.8 Å². The van der Waals surface area contributed by atoms with E-state index in [0.717, 1.165) is 24.2 Å². The Hall–Kier alpha value is -1.72. The summed E-state index contributed by atoms with van der Waals surface area (Å²) >= 11 is 18.3. The Morgan fingerprint density at radius 1 is 0.929 bits per heavy atom. The van der Waals surface area contributed by atoms with E-state index in [-0.39, 0.29) is 6.10 Å². The summed E-state index contributed by atoms with van der Waals surface area (Å²) < 4.78 is 13.8. The molecule has 3 aromatic rings. The van der Waals surface area contributed by atoms with E-state index < -0.39 is 0 Å². The summed E-state index contributed by atoms with van der Waals surface area (Å²) in [4.78, 5) is 4.09. The maximum absolute atomic E-state index is 6.39. The van der Waals surface area contributed by atoms with Gasteiger partial charge < -0.3 is 14.0 Å². The molecule has 0 spiro atoms. The van der Waals surface area contributed by atoms with Crippen LogP contribution in [0, 0.1) is 0 Å². The van der Waals surface area contributed by atoms with Crippen molar-refractivity contribution in [2.45, 2.75) is 25.5 Å². The van der Waals surface area contributed by atoms with Crippen molar-refractivity contribution in [3.8, 4) is 5.75 Å². The molecular weight excluding hydrogens is 419 g/mol. The lowest BCUT2D eigenvalue weighted by atomic mass is 10.1. The van der Waals surface area contributed by atoms with Gasteiger partial charge in [-0.1, -0.05) is 40.9 Å². The highest BCUT2D eigenvalue weighted by atomic mass is 35.5. The lowest BCUT2D eigenvalue weighted by molar-refractivity contribution is 0.0368. The van der Waals surface area contributed by atoms with E-state index >= 15 is 0 Å². The average Bonchev–Trinajstić information content (AvgIpc) is 3.18. The minimum Gasteiger partial charge on any atom is -0.494 e. The van der Waals surface area contributed by atoms with E-state index in [9.17, 15) is 0 Å². The lowest BCUT2D eigenvalue weighted by Crippen LogP contribution is -2.13. The second kappa shape index (κ2) is 10.7. The van der Waals surface area contributed by atoms with Crippen molar-refractivity contribution in [3.05, 3.63) is 81.8 Å². The summed E-state index contributed by atoms with van der Waals surface area (Å²) in [5.74, 6) is 0.816. The fraction of sp³-hybridized carbons (Fsp3) is 0.286. The molecule has 0 aliphatic carbocycles. The number of hydrogen-bond donors (Lipinski definition) is 0. The van der Waals surface area contributed by atoms with Crippen LogP contribution in [0.2, 0.25) is 15.1 Å². The largest absolute Gasteiger partial charge is 0.494 e. The molecule has 1 aromatic heterocycles. The molecule has 1 heterocycles. The summed E-state index contributed by atoms with van der Waals surface area (Å²) in [7, 11) is 0. The summed E-state index contributed by atoms with van der Waals surface area (Å²) in [6.45, 7) is 1.85. The smallest absolute Gasteiger partial charge is 0.119 e. The van der Waals surface area contributed by atoms with Crippen molar-refractivity contribution in [3.63, 3.8) is 0 Å². The number of unbranched alkanes of at least 4 members (excludes halogenated alkanes) is 1. The van der Waals surface area contributed by atoms with Crippen molar-refractivity contribution in [1.29, 1.82) is 0 Å². The van der Waals surface area contributed by atoms with Gasteiger partial charge in [-0.2, -0.15) is 0 Å². The van der Waals surface area contributed by atoms with E-state index in [1.165, 1.54) is 0 Å². The first kappa shape index (κ1) is 21.0. The zero-order chi connectivity index (χ0) is 19.8. The molecule has 2 aromatic carbocycles. The molecule has 0 saturated heterocycles. The van der Waals surface area contributed by atoms with Crippen LogP contribution in [0.15, 0.2) is 61.2 Å². The summed E-state index contributed by atoms with van der Waals surface area (Å²) in [5.41, 5.74) is 0.914. The van der Waals surface area contributed by atoms with Crippen molar-refractivity contribution in [1.82, 2.24) is 9.55 Å². The number of rotatable bonds is 10. The fourth-order valence-electron chi connectivity index (χ4n) is 2.74. The molecule has 0 saturated carbocycles. The number of halogens is 3. The van der Waals surface area contributed by atoms with Gasteiger partial charge in [0.05, 0.1) is 19.5 Å². The lowest BCUT2D eigenvalue weighted by Gasteiger charge is -2.20. The molecule has 0 bridgehead atoms. The van der Waals surface area contributed by atoms with Crippen molar-refractivity contribution < 1.29 is 9.47 Å². The molecular formula is C21H21Cl3N2O2. The van der Waals surface area contributed by atoms with Gasteiger partial charge in [-0.15, -0.1) is 0 Å². The van der Waals surface area contributed by atoms with Crippen LogP contribution in [0.1, 0.15) is 24.5 Å². The molecule has 148 valence electrons. The van der Waals surface area contributed by atoms with Gasteiger partial charge in [-0.25, -0.2) is 4.98 Å². The molecule has 0 amide bonds. The van der Waals surface area contributed by atoms with Gasteiger partial charge in [0.2, 0.25) is 0 Å². The minimum absolute atomic E-state index is 0.184. The fourth-order valence-corrected chi connectivity index (χ4v) is 3.40. The normalized spacial score (nSPS) is 12.1. The first-order valence-corrected chi connectivity index (χ1v) is 10.2. The van der Waals surface area contributed by atoms with Crippen LogP contribution in [0.25, 0.3) is 0 Å². The molecule has 4 nitrogen and oxygen atoms in total. The first-order valence-electron chi connectivity index (χ1n) is 9.02. The molecule has 28 heavy (non-hydrogen) atoms. The Morgan fingerprint density at radius 2 is 1.68 bits per heavy atom. The SMILES string of the molecule is Clc1ccc(OCCCCOC(Cn2ccnc2)c2ccc(Cl)cc2Cl)cc1. The highest BCUT2D eigenvalue weighted by molar-refractivity contribution is 6.35. The molecule has 0 aliphatic heterocycles. The van der Waals surface area contributed by atoms with Gasteiger partial charge in [0.25, 0.3) is 0 Å². The van der Waals surface area contributed by atoms with E-state index in [1.54, 1.807) is 18.6 Å². The summed E-state index contributed by atoms with van der Waals surface area (Å²) in [6, 6.07) is 12.8. The van der Waals surface area contributed by atoms with Crippen molar-refractivity contribution in [2.75, 3.05) is 13.2 Å². The van der Waals surface area contributed by atoms with Crippen LogP contribution in [0.4, 0.5) is 0 Å². The third-order valence-corrected chi connectivity index (χ3v) is 5.00. The molecule has 7 heteroatoms. The number of imidazole rings is 1. The molecule has 0 N–H and O–H groups in total. The van der Waals surface area contributed by atoms with E-state index in [1.807, 2.05) is 47.2 Å². The number of nitrogens with zero attached hydrogens (tertiary/aromatic N) is 2. The molecule has 3 rings (SSSR count). The third kappa shape index (κ3) is 6.42. The Labute approximate surface area is 180 Å². The topological polar surface area (TPSA) is 36.3 Å². The van der Waals surface area contributed by atoms with Crippen LogP contribution in [-0.2, 0) is 11.3 Å². The number of aromatic nitrogens is 2. The van der Waals surface area contributed by atoms with Crippen LogP contribution < -0.4 is 4.74 Å². The number of benzene rings is 2. The maximum atomic E-state index is 6.39. The Kier molecular flexibility index (Phi) is 8.04. The van der Waals surface area contributed by atoms with Gasteiger partial charge in [-0.3, -0.25) is 0 Å². The van der Waals surface area contributed by atoms with Crippen LogP contribution in [0.5, 0.6) is 5.75 Å². The molecule has 1 unspecified atom stereocenters. The average molecular weight is 440 g/mol. The Balaban J connectivity index is 1.49. The van der Waals surface area contributed by atoms with Crippen LogP contribution >= 0.6 is 34.8 Å². The first-order chi connectivity index (χ1) is 13.6. The second-order valence-electron chi connectivity index (χ2n) is 6.29. The zero-order valence-electron chi connectivity index (χ0n) is 15.2. The minimum atomic E-state index is -0.184. The van der Waals surface area contributed by atoms with Gasteiger partial charge in [0.15, 0.2) is 0 Å². The molecule has 0 radical (unpaired) electrons. The summed E-state index contributed by atoms with van der Waals surface area (Å²) in [6.07, 6.45) is 6.99. The monoisotopic (exact) mass is 438 g/mol. The van der Waals surface area contributed by atoms with Gasteiger partial charge >= 0.3 is 0 Å². The number of ether oxygens (including phenoxy) is 2. The quantitative estimate of drug-likeness (QED) is 0.340. The third-order valence-electron chi connectivity index (χ3n) is 4.19. The second-order valence-corrected chi connectivity index (χ2v) is 7.57. The predicted octanol–water partition coefficient (Wildman–Crippen LogP) is 6.46. The van der Waals surface area contributed by atoms with Crippen molar-refractivity contribution in [2.24, 2.45) is 0 Å². The molecule has 1 atom stereocenters. The van der Waals surface area contributed by atoms with Gasteiger partial charge in [0, 0.05) is 39.6 Å². The highest BCUT2D eigenvalue weighted by Crippen LogP contribution is 2.30. The van der Waals surface area contributed by atoms with Crippen LogP contribution in [0.3, 0.4) is 0 Å². The highest BCUT2D eigenvalue weighted by Gasteiger charge is 2.16. The van der Waals surface area contributed by atoms with E-state index in [4.69, 9.17) is 44.3 Å². The maximum Gasteiger partial charge on any atom is 0.119 e. The van der Waals surface area contributed by atoms with E-state index in [2.05, 4.69) is 4.98 Å². The zero-order valence-corrected chi connectivity index (χ0v) is 17.5. The number of hydrogen-bond acceptors (Lipinski definition) is 3. The molecule has 0 fully saturated rings. The summed E-state index contributed by atoms with van der Waals surface area (Å²) in [5, 5.41) is 1.91. The Morgan fingerprint density at radius 3 is 2.39 bits per heavy atom. The Bertz CT molecular complexity index is 855. The van der Waals surface area contributed by atoms with Crippen molar-refractivity contribution >= 4 is 34.8 Å². The van der Waals surface area contributed by atoms with Gasteiger partial charge in [-0.05, 0) is 49.2 Å². The molecule has 0 aliphatic rings. The predicted molar refractivity (Wildman–Crippen MR) is 114 cm³/mol.